The van der Waals surface area contributed by atoms with Gasteiger partial charge in [0, 0.05) is 16.9 Å². The maximum Gasteiger partial charge on any atom is 0.261 e. The summed E-state index contributed by atoms with van der Waals surface area (Å²) in [5.41, 5.74) is 3.13. The molecule has 0 aromatic heterocycles. The average molecular weight is 568 g/mol. The minimum absolute atomic E-state index is 0.0294. The third kappa shape index (κ3) is 7.21. The molecule has 0 saturated carbocycles. The van der Waals surface area contributed by atoms with Crippen LogP contribution in [0.3, 0.4) is 0 Å². The summed E-state index contributed by atoms with van der Waals surface area (Å²) in [5.74, 6) is -0.897. The number of amides is 1. The van der Waals surface area contributed by atoms with E-state index in [1.165, 1.54) is 40.7 Å². The highest BCUT2D eigenvalue weighted by Crippen LogP contribution is 2.23. The van der Waals surface area contributed by atoms with Gasteiger partial charge in [0.2, 0.25) is 10.0 Å². The third-order valence-electron chi connectivity index (χ3n) is 5.75. The zero-order chi connectivity index (χ0) is 28.2. The molecule has 39 heavy (non-hydrogen) atoms. The number of carbonyl (C=O) groups excluding carboxylic acids is 1. The fourth-order valence-corrected chi connectivity index (χ4v) is 5.70. The number of benzene rings is 4. The first-order chi connectivity index (χ1) is 18.4. The molecule has 0 atom stereocenters. The number of aryl methyl sites for hydroxylation is 1. The molecule has 4 rings (SSSR count). The Morgan fingerprint density at radius 2 is 1.44 bits per heavy atom. The quantitative estimate of drug-likeness (QED) is 0.290. The van der Waals surface area contributed by atoms with Gasteiger partial charge in [-0.25, -0.2) is 21.2 Å². The maximum absolute atomic E-state index is 13.1. The number of anilines is 3. The van der Waals surface area contributed by atoms with Crippen LogP contribution in [0.25, 0.3) is 0 Å². The van der Waals surface area contributed by atoms with Crippen molar-refractivity contribution in [1.29, 1.82) is 0 Å². The van der Waals surface area contributed by atoms with E-state index in [1.807, 2.05) is 13.0 Å². The van der Waals surface area contributed by atoms with E-state index in [2.05, 4.69) is 10.0 Å². The summed E-state index contributed by atoms with van der Waals surface area (Å²) < 4.78 is 66.7. The zero-order valence-corrected chi connectivity index (χ0v) is 22.8. The lowest BCUT2D eigenvalue weighted by atomic mass is 10.1. The molecule has 11 heteroatoms. The smallest absolute Gasteiger partial charge is 0.261 e. The van der Waals surface area contributed by atoms with Crippen LogP contribution in [-0.2, 0) is 26.6 Å². The second-order valence-electron chi connectivity index (χ2n) is 8.90. The summed E-state index contributed by atoms with van der Waals surface area (Å²) in [5, 5.41) is 2.71. The molecule has 0 unspecified atom stereocenters. The number of rotatable bonds is 9. The van der Waals surface area contributed by atoms with Gasteiger partial charge in [0.25, 0.3) is 15.9 Å². The van der Waals surface area contributed by atoms with Crippen LogP contribution in [0, 0.1) is 12.7 Å². The molecule has 4 aromatic carbocycles. The topological polar surface area (TPSA) is 113 Å². The monoisotopic (exact) mass is 567 g/mol. The molecule has 0 spiro atoms. The number of nitrogens with one attached hydrogen (secondary N) is 2. The molecule has 8 nitrogen and oxygen atoms in total. The predicted molar refractivity (Wildman–Crippen MR) is 150 cm³/mol. The average Bonchev–Trinajstić information content (AvgIpc) is 2.88. The molecule has 0 bridgehead atoms. The first-order valence-corrected chi connectivity index (χ1v) is 15.1. The van der Waals surface area contributed by atoms with E-state index in [-0.39, 0.29) is 17.1 Å². The second-order valence-corrected chi connectivity index (χ2v) is 12.5. The van der Waals surface area contributed by atoms with E-state index < -0.39 is 31.8 Å². The van der Waals surface area contributed by atoms with Crippen LogP contribution in [0.15, 0.2) is 102 Å². The Labute approximate surface area is 227 Å². The highest BCUT2D eigenvalue weighted by atomic mass is 32.2. The lowest BCUT2D eigenvalue weighted by Gasteiger charge is -2.23. The third-order valence-corrected chi connectivity index (χ3v) is 8.29. The summed E-state index contributed by atoms with van der Waals surface area (Å²) in [4.78, 5) is 12.7. The van der Waals surface area contributed by atoms with Crippen LogP contribution in [-0.4, -0.2) is 29.0 Å². The van der Waals surface area contributed by atoms with Crippen LogP contribution >= 0.6 is 0 Å². The van der Waals surface area contributed by atoms with Crippen LogP contribution in [0.5, 0.6) is 0 Å². The van der Waals surface area contributed by atoms with Crippen LogP contribution < -0.4 is 14.3 Å². The van der Waals surface area contributed by atoms with Gasteiger partial charge in [-0.3, -0.25) is 13.8 Å². The number of nitrogens with zero attached hydrogens (tertiary/aromatic N) is 1. The van der Waals surface area contributed by atoms with Gasteiger partial charge in [0.15, 0.2) is 0 Å². The fourth-order valence-electron chi connectivity index (χ4n) is 3.76. The van der Waals surface area contributed by atoms with E-state index >= 15 is 0 Å². The molecule has 0 radical (unpaired) electrons. The Balaban J connectivity index is 1.42. The van der Waals surface area contributed by atoms with Crippen molar-refractivity contribution in [2.24, 2.45) is 0 Å². The fraction of sp³-hybridized carbons (Fsp3) is 0.107. The van der Waals surface area contributed by atoms with Crippen molar-refractivity contribution >= 4 is 43.0 Å². The lowest BCUT2D eigenvalue weighted by molar-refractivity contribution is 0.102. The van der Waals surface area contributed by atoms with E-state index in [4.69, 9.17) is 0 Å². The predicted octanol–water partition coefficient (Wildman–Crippen LogP) is 5.15. The van der Waals surface area contributed by atoms with Gasteiger partial charge in [0.1, 0.15) is 5.82 Å². The van der Waals surface area contributed by atoms with E-state index in [9.17, 15) is 26.0 Å². The van der Waals surface area contributed by atoms with Crippen molar-refractivity contribution in [3.05, 3.63) is 120 Å². The molecule has 0 aliphatic carbocycles. The van der Waals surface area contributed by atoms with E-state index in [1.54, 1.807) is 42.5 Å². The first kappa shape index (κ1) is 27.8. The van der Waals surface area contributed by atoms with E-state index in [0.717, 1.165) is 24.0 Å². The van der Waals surface area contributed by atoms with Crippen molar-refractivity contribution in [2.45, 2.75) is 18.4 Å². The van der Waals surface area contributed by atoms with Gasteiger partial charge >= 0.3 is 0 Å². The number of hydrogen-bond donors (Lipinski definition) is 2. The number of carbonyl (C=O) groups is 1. The van der Waals surface area contributed by atoms with Gasteiger partial charge in [-0.2, -0.15) is 0 Å². The Kier molecular flexibility index (Phi) is 8.03. The standard InChI is InChI=1S/C28H26FN3O5S2/c1-20-4-3-5-26(18-20)32(38(2,34)35)19-21-6-8-22(9-7-21)28(33)30-24-14-16-27(17-15-24)39(36,37)31-25-12-10-23(29)11-13-25/h3-18,31H,19H2,1-2H3,(H,30,33). The Bertz CT molecular complexity index is 1690. The SMILES string of the molecule is Cc1cccc(N(Cc2ccc(C(=O)Nc3ccc(S(=O)(=O)Nc4ccc(F)cc4)cc3)cc2)S(C)(=O)=O)c1. The molecule has 0 aliphatic heterocycles. The number of halogens is 1. The van der Waals surface area contributed by atoms with E-state index in [0.29, 0.717) is 22.5 Å². The molecule has 2 N–H and O–H groups in total. The van der Waals surface area contributed by atoms with Crippen molar-refractivity contribution in [3.63, 3.8) is 0 Å². The molecule has 0 saturated heterocycles. The zero-order valence-electron chi connectivity index (χ0n) is 21.1. The Hall–Kier alpha value is -4.22. The van der Waals surface area contributed by atoms with Gasteiger partial charge in [-0.1, -0.05) is 24.3 Å². The van der Waals surface area contributed by atoms with Crippen LogP contribution in [0.1, 0.15) is 21.5 Å². The maximum atomic E-state index is 13.1. The van der Waals surface area contributed by atoms with Crippen molar-refractivity contribution in [1.82, 2.24) is 0 Å². The molecule has 0 aliphatic rings. The van der Waals surface area contributed by atoms with Crippen molar-refractivity contribution in [3.8, 4) is 0 Å². The lowest BCUT2D eigenvalue weighted by Crippen LogP contribution is -2.29. The number of sulfonamides is 2. The highest BCUT2D eigenvalue weighted by molar-refractivity contribution is 7.92. The minimum atomic E-state index is -3.90. The normalized spacial score (nSPS) is 11.6. The van der Waals surface area contributed by atoms with Gasteiger partial charge in [-0.05, 0) is 90.8 Å². The summed E-state index contributed by atoms with van der Waals surface area (Å²) in [6.45, 7) is 1.99. The summed E-state index contributed by atoms with van der Waals surface area (Å²) in [6.07, 6.45) is 1.15. The van der Waals surface area contributed by atoms with Crippen molar-refractivity contribution in [2.75, 3.05) is 20.6 Å². The number of hydrogen-bond acceptors (Lipinski definition) is 5. The first-order valence-electron chi connectivity index (χ1n) is 11.7. The molecule has 1 amide bonds. The molecule has 4 aromatic rings. The second kappa shape index (κ2) is 11.3. The summed E-state index contributed by atoms with van der Waals surface area (Å²) in [7, 11) is -7.45. The Morgan fingerprint density at radius 1 is 0.821 bits per heavy atom. The molecule has 0 fully saturated rings. The Morgan fingerprint density at radius 3 is 2.03 bits per heavy atom. The van der Waals surface area contributed by atoms with Crippen LogP contribution in [0.2, 0.25) is 0 Å². The van der Waals surface area contributed by atoms with Crippen LogP contribution in [0.4, 0.5) is 21.5 Å². The van der Waals surface area contributed by atoms with Crippen molar-refractivity contribution < 1.29 is 26.0 Å². The molecule has 0 heterocycles. The summed E-state index contributed by atoms with van der Waals surface area (Å²) >= 11 is 0. The molecular weight excluding hydrogens is 541 g/mol. The van der Waals surface area contributed by atoms with Gasteiger partial charge in [-0.15, -0.1) is 0 Å². The van der Waals surface area contributed by atoms with Gasteiger partial charge in [0.05, 0.1) is 23.4 Å². The molecule has 202 valence electrons. The summed E-state index contributed by atoms with van der Waals surface area (Å²) in [6, 6.07) is 24.3. The minimum Gasteiger partial charge on any atom is -0.322 e. The molecular formula is C28H26FN3O5S2. The largest absolute Gasteiger partial charge is 0.322 e. The highest BCUT2D eigenvalue weighted by Gasteiger charge is 2.19. The van der Waals surface area contributed by atoms with Gasteiger partial charge < -0.3 is 5.32 Å².